The normalized spacial score (nSPS) is 15.6. The number of ether oxygens (including phenoxy) is 2. The van der Waals surface area contributed by atoms with Crippen LogP contribution in [0.4, 0.5) is 4.39 Å². The molecular weight excluding hydrogens is 187 g/mol. The number of carbonyl (C=O) groups excluding carboxylic acids is 1. The summed E-state index contributed by atoms with van der Waals surface area (Å²) in [6.45, 7) is 4.70. The molecule has 84 valence electrons. The van der Waals surface area contributed by atoms with Crippen molar-refractivity contribution in [1.82, 2.24) is 0 Å². The van der Waals surface area contributed by atoms with Crippen LogP contribution in [0, 0.1) is 5.92 Å². The van der Waals surface area contributed by atoms with Gasteiger partial charge in [0.1, 0.15) is 12.3 Å². The lowest BCUT2D eigenvalue weighted by molar-refractivity contribution is -0.153. The average molecular weight is 206 g/mol. The molecule has 0 aliphatic rings. The maximum absolute atomic E-state index is 12.0. The van der Waals surface area contributed by atoms with Crippen LogP contribution in [0.15, 0.2) is 0 Å². The molecule has 4 heteroatoms. The minimum Gasteiger partial charge on any atom is -0.381 e. The molecule has 0 bridgehead atoms. The summed E-state index contributed by atoms with van der Waals surface area (Å²) in [5.74, 6) is -0.206. The van der Waals surface area contributed by atoms with E-state index >= 15 is 0 Å². The van der Waals surface area contributed by atoms with Gasteiger partial charge in [-0.3, -0.25) is 4.79 Å². The van der Waals surface area contributed by atoms with Crippen LogP contribution < -0.4 is 0 Å². The second kappa shape index (κ2) is 6.09. The van der Waals surface area contributed by atoms with E-state index in [1.807, 2.05) is 0 Å². The van der Waals surface area contributed by atoms with Gasteiger partial charge in [-0.2, -0.15) is 0 Å². The van der Waals surface area contributed by atoms with Gasteiger partial charge in [-0.25, -0.2) is 4.39 Å². The van der Waals surface area contributed by atoms with Gasteiger partial charge >= 0.3 is 0 Å². The summed E-state index contributed by atoms with van der Waals surface area (Å²) in [5, 5.41) is 0. The number of hydrogen-bond acceptors (Lipinski definition) is 3. The first-order valence-corrected chi connectivity index (χ1v) is 4.71. The molecule has 14 heavy (non-hydrogen) atoms. The fourth-order valence-electron chi connectivity index (χ4n) is 1.33. The molecule has 0 aromatic heterocycles. The lowest BCUT2D eigenvalue weighted by atomic mass is 9.93. The third-order valence-corrected chi connectivity index (χ3v) is 1.96. The highest BCUT2D eigenvalue weighted by Gasteiger charge is 2.35. The summed E-state index contributed by atoms with van der Waals surface area (Å²) in [6, 6.07) is 0. The van der Waals surface area contributed by atoms with Crippen LogP contribution in [0.3, 0.4) is 0 Å². The number of methoxy groups -OCH3 is 1. The van der Waals surface area contributed by atoms with Crippen LogP contribution in [-0.2, 0) is 14.3 Å². The van der Waals surface area contributed by atoms with Gasteiger partial charge in [0.15, 0.2) is 5.78 Å². The fourth-order valence-corrected chi connectivity index (χ4v) is 1.33. The van der Waals surface area contributed by atoms with Crippen molar-refractivity contribution in [2.75, 3.05) is 27.0 Å². The smallest absolute Gasteiger partial charge is 0.169 e. The third-order valence-electron chi connectivity index (χ3n) is 1.96. The quantitative estimate of drug-likeness (QED) is 0.634. The number of alkyl halides is 1. The van der Waals surface area contributed by atoms with Crippen molar-refractivity contribution >= 4 is 5.78 Å². The van der Waals surface area contributed by atoms with Crippen molar-refractivity contribution < 1.29 is 18.7 Å². The Kier molecular flexibility index (Phi) is 5.88. The summed E-state index contributed by atoms with van der Waals surface area (Å²) in [7, 11) is 1.49. The molecule has 1 atom stereocenters. The van der Waals surface area contributed by atoms with Gasteiger partial charge in [0.2, 0.25) is 0 Å². The monoisotopic (exact) mass is 206 g/mol. The first-order chi connectivity index (χ1) is 6.48. The van der Waals surface area contributed by atoms with E-state index in [1.54, 1.807) is 20.8 Å². The zero-order valence-corrected chi connectivity index (χ0v) is 9.30. The number of rotatable bonds is 7. The Morgan fingerprint density at radius 3 is 2.43 bits per heavy atom. The average Bonchev–Trinajstić information content (AvgIpc) is 2.14. The number of carbonyl (C=O) groups is 1. The minimum atomic E-state index is -1.02. The molecule has 0 fully saturated rings. The Hall–Kier alpha value is -0.480. The summed E-state index contributed by atoms with van der Waals surface area (Å²) in [5.41, 5.74) is -1.02. The second-order valence-corrected chi connectivity index (χ2v) is 3.72. The first-order valence-electron chi connectivity index (χ1n) is 4.71. The van der Waals surface area contributed by atoms with E-state index in [1.165, 1.54) is 7.11 Å². The molecule has 0 aromatic rings. The van der Waals surface area contributed by atoms with Crippen molar-refractivity contribution in [3.8, 4) is 0 Å². The molecule has 0 aliphatic heterocycles. The maximum Gasteiger partial charge on any atom is 0.169 e. The Morgan fingerprint density at radius 2 is 2.07 bits per heavy atom. The third kappa shape index (κ3) is 3.72. The van der Waals surface area contributed by atoms with Crippen LogP contribution in [0.1, 0.15) is 20.8 Å². The van der Waals surface area contributed by atoms with Gasteiger partial charge in [0.05, 0.1) is 13.2 Å². The number of Topliss-reactive ketones (excluding diaryl/α,β-unsaturated/α-hetero) is 1. The summed E-state index contributed by atoms with van der Waals surface area (Å²) in [6.07, 6.45) is 0. The van der Waals surface area contributed by atoms with E-state index in [4.69, 9.17) is 9.47 Å². The van der Waals surface area contributed by atoms with Crippen molar-refractivity contribution in [3.05, 3.63) is 0 Å². The van der Waals surface area contributed by atoms with Gasteiger partial charge in [0, 0.05) is 13.0 Å². The molecule has 0 aromatic carbocycles. The van der Waals surface area contributed by atoms with Crippen LogP contribution >= 0.6 is 0 Å². The molecule has 0 spiro atoms. The highest BCUT2D eigenvalue weighted by Crippen LogP contribution is 2.17. The van der Waals surface area contributed by atoms with E-state index in [2.05, 4.69) is 0 Å². The SMILES string of the molecule is COCC(C)(OCCF)C(=O)C(C)C. The van der Waals surface area contributed by atoms with Crippen LogP contribution in [0.2, 0.25) is 0 Å². The number of hydrogen-bond donors (Lipinski definition) is 0. The Bertz CT molecular complexity index is 182. The Balaban J connectivity index is 4.44. The summed E-state index contributed by atoms with van der Waals surface area (Å²) >= 11 is 0. The van der Waals surface area contributed by atoms with Gasteiger partial charge < -0.3 is 9.47 Å². The van der Waals surface area contributed by atoms with E-state index in [0.29, 0.717) is 0 Å². The molecule has 1 unspecified atom stereocenters. The predicted molar refractivity (Wildman–Crippen MR) is 52.1 cm³/mol. The van der Waals surface area contributed by atoms with E-state index in [0.717, 1.165) is 0 Å². The highest BCUT2D eigenvalue weighted by atomic mass is 19.1. The van der Waals surface area contributed by atoms with Gasteiger partial charge in [-0.1, -0.05) is 13.8 Å². The first kappa shape index (κ1) is 13.5. The zero-order chi connectivity index (χ0) is 11.2. The van der Waals surface area contributed by atoms with Crippen molar-refractivity contribution in [2.24, 2.45) is 5.92 Å². The largest absolute Gasteiger partial charge is 0.381 e. The minimum absolute atomic E-state index is 0.0622. The van der Waals surface area contributed by atoms with Crippen LogP contribution in [0.5, 0.6) is 0 Å². The van der Waals surface area contributed by atoms with Crippen molar-refractivity contribution in [1.29, 1.82) is 0 Å². The van der Waals surface area contributed by atoms with E-state index in [-0.39, 0.29) is 24.9 Å². The molecule has 0 N–H and O–H groups in total. The molecule has 0 aliphatic carbocycles. The highest BCUT2D eigenvalue weighted by molar-refractivity contribution is 5.88. The molecule has 3 nitrogen and oxygen atoms in total. The molecule has 0 rings (SSSR count). The van der Waals surface area contributed by atoms with Gasteiger partial charge in [0.25, 0.3) is 0 Å². The van der Waals surface area contributed by atoms with Crippen LogP contribution in [0.25, 0.3) is 0 Å². The molecule has 0 saturated heterocycles. The van der Waals surface area contributed by atoms with Gasteiger partial charge in [-0.05, 0) is 6.92 Å². The summed E-state index contributed by atoms with van der Waals surface area (Å²) in [4.78, 5) is 11.7. The topological polar surface area (TPSA) is 35.5 Å². The molecule has 0 radical (unpaired) electrons. The van der Waals surface area contributed by atoms with E-state index in [9.17, 15) is 9.18 Å². The standard InChI is InChI=1S/C10H19FO3/c1-8(2)9(12)10(3,7-13-4)14-6-5-11/h8H,5-7H2,1-4H3. The Morgan fingerprint density at radius 1 is 1.50 bits per heavy atom. The van der Waals surface area contributed by atoms with Gasteiger partial charge in [-0.15, -0.1) is 0 Å². The predicted octanol–water partition coefficient (Wildman–Crippen LogP) is 1.60. The van der Waals surface area contributed by atoms with E-state index < -0.39 is 12.3 Å². The lowest BCUT2D eigenvalue weighted by Crippen LogP contribution is -2.45. The fraction of sp³-hybridized carbons (Fsp3) is 0.900. The molecule has 0 saturated carbocycles. The molecular formula is C10H19FO3. The second-order valence-electron chi connectivity index (χ2n) is 3.72. The van der Waals surface area contributed by atoms with Crippen molar-refractivity contribution in [3.63, 3.8) is 0 Å². The summed E-state index contributed by atoms with van der Waals surface area (Å²) < 4.78 is 22.1. The Labute approximate surface area is 84.6 Å². The zero-order valence-electron chi connectivity index (χ0n) is 9.30. The number of halogens is 1. The lowest BCUT2D eigenvalue weighted by Gasteiger charge is -2.28. The maximum atomic E-state index is 12.0. The van der Waals surface area contributed by atoms with Crippen molar-refractivity contribution in [2.45, 2.75) is 26.4 Å². The van der Waals surface area contributed by atoms with Crippen LogP contribution in [-0.4, -0.2) is 38.4 Å². The number of ketones is 1. The molecule has 0 heterocycles. The molecule has 0 amide bonds.